The van der Waals surface area contributed by atoms with E-state index in [1.54, 1.807) is 0 Å². The van der Waals surface area contributed by atoms with E-state index in [4.69, 9.17) is 4.74 Å². The predicted molar refractivity (Wildman–Crippen MR) is 78.1 cm³/mol. The number of hydrogen-bond donors (Lipinski definition) is 1. The molecule has 2 aromatic carbocycles. The standard InChI is InChI=1S/C14H11FN2O4S/c1-21-11-6-7-13-12(8-11)16-14(18)17(22(13,19)20)10-4-2-9(15)3-5-10/h2-8H,1H3,(H,16,18). The molecular formula is C14H11FN2O4S. The van der Waals surface area contributed by atoms with Crippen LogP contribution < -0.4 is 14.4 Å². The molecule has 0 saturated carbocycles. The molecule has 22 heavy (non-hydrogen) atoms. The van der Waals surface area contributed by atoms with Crippen LogP contribution in [0.5, 0.6) is 5.75 Å². The number of halogens is 1. The number of hydrogen-bond acceptors (Lipinski definition) is 4. The average Bonchev–Trinajstić information content (AvgIpc) is 2.48. The van der Waals surface area contributed by atoms with E-state index in [1.165, 1.54) is 37.4 Å². The fourth-order valence-corrected chi connectivity index (χ4v) is 3.65. The molecule has 1 aliphatic heterocycles. The quantitative estimate of drug-likeness (QED) is 0.922. The monoisotopic (exact) mass is 322 g/mol. The zero-order valence-electron chi connectivity index (χ0n) is 11.4. The van der Waals surface area contributed by atoms with Gasteiger partial charge in [-0.25, -0.2) is 17.6 Å². The Hall–Kier alpha value is -2.61. The van der Waals surface area contributed by atoms with Gasteiger partial charge in [0.2, 0.25) is 0 Å². The van der Waals surface area contributed by atoms with E-state index in [9.17, 15) is 17.6 Å². The van der Waals surface area contributed by atoms with Crippen LogP contribution in [0.25, 0.3) is 0 Å². The Morgan fingerprint density at radius 1 is 1.14 bits per heavy atom. The molecule has 1 heterocycles. The van der Waals surface area contributed by atoms with Gasteiger partial charge in [-0.1, -0.05) is 0 Å². The van der Waals surface area contributed by atoms with Crippen molar-refractivity contribution in [3.05, 3.63) is 48.3 Å². The molecule has 2 aromatic rings. The first kappa shape index (κ1) is 14.3. The molecule has 0 radical (unpaired) electrons. The molecule has 114 valence electrons. The number of benzene rings is 2. The first-order valence-corrected chi connectivity index (χ1v) is 7.67. The van der Waals surface area contributed by atoms with Crippen molar-refractivity contribution >= 4 is 27.4 Å². The molecule has 0 aliphatic carbocycles. The molecule has 8 heteroatoms. The highest BCUT2D eigenvalue weighted by atomic mass is 32.2. The second-order valence-corrected chi connectivity index (χ2v) is 6.29. The number of carbonyl (C=O) groups excluding carboxylic acids is 1. The number of methoxy groups -OCH3 is 1. The molecule has 1 aliphatic rings. The van der Waals surface area contributed by atoms with Crippen LogP contribution in [-0.4, -0.2) is 21.6 Å². The summed E-state index contributed by atoms with van der Waals surface area (Å²) in [6.07, 6.45) is 0. The van der Waals surface area contributed by atoms with Crippen LogP contribution in [0.2, 0.25) is 0 Å². The Morgan fingerprint density at radius 3 is 2.45 bits per heavy atom. The van der Waals surface area contributed by atoms with Gasteiger partial charge in [-0.15, -0.1) is 0 Å². The molecule has 0 saturated heterocycles. The smallest absolute Gasteiger partial charge is 0.340 e. The average molecular weight is 322 g/mol. The summed E-state index contributed by atoms with van der Waals surface area (Å²) in [6.45, 7) is 0. The van der Waals surface area contributed by atoms with Gasteiger partial charge in [-0.2, -0.15) is 4.31 Å². The van der Waals surface area contributed by atoms with Gasteiger partial charge >= 0.3 is 6.03 Å². The van der Waals surface area contributed by atoms with Gasteiger partial charge in [0.1, 0.15) is 16.5 Å². The zero-order valence-corrected chi connectivity index (χ0v) is 12.2. The maximum absolute atomic E-state index is 13.0. The van der Waals surface area contributed by atoms with Crippen LogP contribution in [-0.2, 0) is 10.0 Å². The van der Waals surface area contributed by atoms with Crippen LogP contribution in [0.1, 0.15) is 0 Å². The highest BCUT2D eigenvalue weighted by Crippen LogP contribution is 2.35. The van der Waals surface area contributed by atoms with Gasteiger partial charge in [0.25, 0.3) is 10.0 Å². The lowest BCUT2D eigenvalue weighted by atomic mass is 10.3. The van der Waals surface area contributed by atoms with Crippen molar-refractivity contribution in [2.45, 2.75) is 4.90 Å². The number of anilines is 2. The maximum atomic E-state index is 13.0. The normalized spacial score (nSPS) is 15.9. The minimum absolute atomic E-state index is 0.0559. The lowest BCUT2D eigenvalue weighted by Crippen LogP contribution is -2.44. The molecule has 0 unspecified atom stereocenters. The fraction of sp³-hybridized carbons (Fsp3) is 0.0714. The maximum Gasteiger partial charge on any atom is 0.340 e. The lowest BCUT2D eigenvalue weighted by molar-refractivity contribution is 0.259. The van der Waals surface area contributed by atoms with E-state index >= 15 is 0 Å². The Bertz CT molecular complexity index is 850. The van der Waals surface area contributed by atoms with Gasteiger partial charge in [0.05, 0.1) is 18.5 Å². The van der Waals surface area contributed by atoms with Crippen molar-refractivity contribution in [1.29, 1.82) is 0 Å². The Balaban J connectivity index is 2.14. The number of fused-ring (bicyclic) bond motifs is 1. The SMILES string of the molecule is COc1ccc2c(c1)NC(=O)N(c1ccc(F)cc1)S2(=O)=O. The minimum atomic E-state index is -4.08. The second-order valence-electron chi connectivity index (χ2n) is 4.54. The first-order valence-electron chi connectivity index (χ1n) is 6.23. The van der Waals surface area contributed by atoms with Gasteiger partial charge in [-0.05, 0) is 36.4 Å². The summed E-state index contributed by atoms with van der Waals surface area (Å²) < 4.78 is 43.8. The van der Waals surface area contributed by atoms with Crippen LogP contribution >= 0.6 is 0 Å². The summed E-state index contributed by atoms with van der Waals surface area (Å²) in [5.41, 5.74) is 0.197. The van der Waals surface area contributed by atoms with Gasteiger partial charge in [0.15, 0.2) is 0 Å². The summed E-state index contributed by atoms with van der Waals surface area (Å²) in [5, 5.41) is 2.49. The molecular weight excluding hydrogens is 311 g/mol. The number of ether oxygens (including phenoxy) is 1. The minimum Gasteiger partial charge on any atom is -0.497 e. The van der Waals surface area contributed by atoms with Gasteiger partial charge in [-0.3, -0.25) is 0 Å². The molecule has 0 atom stereocenters. The van der Waals surface area contributed by atoms with E-state index < -0.39 is 21.9 Å². The molecule has 0 aromatic heterocycles. The molecule has 6 nitrogen and oxygen atoms in total. The van der Waals surface area contributed by atoms with Gasteiger partial charge < -0.3 is 10.1 Å². The van der Waals surface area contributed by atoms with Crippen molar-refractivity contribution in [3.63, 3.8) is 0 Å². The molecule has 0 bridgehead atoms. The summed E-state index contributed by atoms with van der Waals surface area (Å²) >= 11 is 0. The van der Waals surface area contributed by atoms with E-state index in [1.807, 2.05) is 0 Å². The number of nitrogens with zero attached hydrogens (tertiary/aromatic N) is 1. The highest BCUT2D eigenvalue weighted by molar-refractivity contribution is 7.94. The lowest BCUT2D eigenvalue weighted by Gasteiger charge is -2.28. The third-order valence-electron chi connectivity index (χ3n) is 3.19. The number of amides is 2. The van der Waals surface area contributed by atoms with Crippen LogP contribution in [0.15, 0.2) is 47.4 Å². The van der Waals surface area contributed by atoms with Crippen molar-refractivity contribution in [2.75, 3.05) is 16.7 Å². The van der Waals surface area contributed by atoms with Crippen LogP contribution in [0, 0.1) is 5.82 Å². The summed E-state index contributed by atoms with van der Waals surface area (Å²) in [4.78, 5) is 12.1. The molecule has 0 spiro atoms. The van der Waals surface area contributed by atoms with Crippen molar-refractivity contribution in [3.8, 4) is 5.75 Å². The van der Waals surface area contributed by atoms with E-state index in [0.29, 0.717) is 10.1 Å². The molecule has 3 rings (SSSR count). The van der Waals surface area contributed by atoms with E-state index in [2.05, 4.69) is 5.32 Å². The third-order valence-corrected chi connectivity index (χ3v) is 4.96. The fourth-order valence-electron chi connectivity index (χ4n) is 2.16. The van der Waals surface area contributed by atoms with Crippen LogP contribution in [0.4, 0.5) is 20.6 Å². The first-order chi connectivity index (χ1) is 10.4. The summed E-state index contributed by atoms with van der Waals surface area (Å²) in [5.74, 6) is -0.104. The van der Waals surface area contributed by atoms with Crippen molar-refractivity contribution in [2.24, 2.45) is 0 Å². The number of rotatable bonds is 2. The largest absolute Gasteiger partial charge is 0.497 e. The third kappa shape index (κ3) is 2.17. The number of nitrogens with one attached hydrogen (secondary N) is 1. The molecule has 2 amide bonds. The number of urea groups is 1. The van der Waals surface area contributed by atoms with E-state index in [-0.39, 0.29) is 16.3 Å². The molecule has 1 N–H and O–H groups in total. The summed E-state index contributed by atoms with van der Waals surface area (Å²) in [7, 11) is -2.64. The van der Waals surface area contributed by atoms with Crippen LogP contribution in [0.3, 0.4) is 0 Å². The van der Waals surface area contributed by atoms with Crippen molar-refractivity contribution < 1.29 is 22.3 Å². The number of sulfonamides is 1. The van der Waals surface area contributed by atoms with Crippen molar-refractivity contribution in [1.82, 2.24) is 0 Å². The second kappa shape index (κ2) is 4.99. The van der Waals surface area contributed by atoms with Gasteiger partial charge in [0, 0.05) is 6.07 Å². The summed E-state index contributed by atoms with van der Waals surface area (Å²) in [6, 6.07) is 8.03. The highest BCUT2D eigenvalue weighted by Gasteiger charge is 2.38. The zero-order chi connectivity index (χ0) is 15.9. The number of carbonyl (C=O) groups is 1. The molecule has 0 fully saturated rings. The Kier molecular flexibility index (Phi) is 3.25. The Morgan fingerprint density at radius 2 is 1.82 bits per heavy atom. The van der Waals surface area contributed by atoms with E-state index in [0.717, 1.165) is 12.1 Å². The topological polar surface area (TPSA) is 75.7 Å². The predicted octanol–water partition coefficient (Wildman–Crippen LogP) is 2.58. The Labute approximate surface area is 126 Å².